The second kappa shape index (κ2) is 6.45. The summed E-state index contributed by atoms with van der Waals surface area (Å²) < 4.78 is 0. The third kappa shape index (κ3) is 2.94. The summed E-state index contributed by atoms with van der Waals surface area (Å²) in [5, 5.41) is 15.8. The van der Waals surface area contributed by atoms with E-state index in [1.54, 1.807) is 18.2 Å². The molecule has 1 aliphatic rings. The van der Waals surface area contributed by atoms with E-state index < -0.39 is 11.8 Å². The topological polar surface area (TPSA) is 81.7 Å². The van der Waals surface area contributed by atoms with Gasteiger partial charge in [0.2, 0.25) is 0 Å². The first kappa shape index (κ1) is 15.6. The molecule has 0 saturated carbocycles. The van der Waals surface area contributed by atoms with Gasteiger partial charge in [0.15, 0.2) is 0 Å². The van der Waals surface area contributed by atoms with Gasteiger partial charge in [-0.05, 0) is 17.7 Å². The smallest absolute Gasteiger partial charge is 0.279 e. The fourth-order valence-corrected chi connectivity index (χ4v) is 2.42. The first-order valence-corrected chi connectivity index (χ1v) is 7.47. The molecule has 0 radical (unpaired) electrons. The van der Waals surface area contributed by atoms with Crippen LogP contribution in [0.5, 0.6) is 5.75 Å². The summed E-state index contributed by atoms with van der Waals surface area (Å²) in [6, 6.07) is 16.1. The summed E-state index contributed by atoms with van der Waals surface area (Å²) in [4.78, 5) is 25.7. The number of hydrogen-bond acceptors (Lipinski definition) is 5. The molecule has 24 heavy (non-hydrogen) atoms. The van der Waals surface area contributed by atoms with E-state index in [1.165, 1.54) is 13.1 Å². The number of aromatic hydroxyl groups is 1. The van der Waals surface area contributed by atoms with Crippen LogP contribution in [-0.4, -0.2) is 28.9 Å². The molecule has 2 aromatic rings. The van der Waals surface area contributed by atoms with E-state index in [0.29, 0.717) is 12.2 Å². The van der Waals surface area contributed by atoms with Crippen LogP contribution < -0.4 is 10.6 Å². The summed E-state index contributed by atoms with van der Waals surface area (Å²) in [6.07, 6.45) is 0. The van der Waals surface area contributed by atoms with Crippen molar-refractivity contribution in [3.05, 3.63) is 71.6 Å². The first-order chi connectivity index (χ1) is 11.6. The maximum Gasteiger partial charge on any atom is 0.279 e. The van der Waals surface area contributed by atoms with Gasteiger partial charge in [-0.1, -0.05) is 42.5 Å². The molecule has 0 unspecified atom stereocenters. The van der Waals surface area contributed by atoms with E-state index in [0.717, 1.165) is 10.5 Å². The Bertz CT molecular complexity index is 815. The molecule has 0 fully saturated rings. The fourth-order valence-electron chi connectivity index (χ4n) is 2.42. The Kier molecular flexibility index (Phi) is 4.20. The van der Waals surface area contributed by atoms with Crippen LogP contribution >= 0.6 is 0 Å². The molecular formula is C18H17N3O3. The number of rotatable bonds is 5. The molecule has 3 rings (SSSR count). The van der Waals surface area contributed by atoms with Crippen molar-refractivity contribution in [1.82, 2.24) is 10.2 Å². The Hall–Kier alpha value is -3.28. The van der Waals surface area contributed by atoms with Crippen LogP contribution in [0.3, 0.4) is 0 Å². The lowest BCUT2D eigenvalue weighted by molar-refractivity contribution is -0.136. The number of phenols is 1. The molecule has 6 heteroatoms. The Labute approximate surface area is 139 Å². The second-order valence-electron chi connectivity index (χ2n) is 5.40. The highest BCUT2D eigenvalue weighted by Gasteiger charge is 2.36. The summed E-state index contributed by atoms with van der Waals surface area (Å²) in [7, 11) is 1.42. The van der Waals surface area contributed by atoms with Gasteiger partial charge < -0.3 is 15.7 Å². The molecule has 122 valence electrons. The quantitative estimate of drug-likeness (QED) is 0.577. The molecule has 0 bridgehead atoms. The van der Waals surface area contributed by atoms with Gasteiger partial charge in [-0.25, -0.2) is 0 Å². The number of anilines is 1. The number of hydrogen-bond donors (Lipinski definition) is 3. The van der Waals surface area contributed by atoms with Crippen LogP contribution in [0.1, 0.15) is 5.56 Å². The third-order valence-corrected chi connectivity index (χ3v) is 3.76. The highest BCUT2D eigenvalue weighted by Crippen LogP contribution is 2.26. The minimum absolute atomic E-state index is 0.00205. The van der Waals surface area contributed by atoms with Gasteiger partial charge in [-0.2, -0.15) is 0 Å². The molecule has 0 atom stereocenters. The van der Waals surface area contributed by atoms with E-state index >= 15 is 0 Å². The standard InChI is InChI=1S/C18H17N3O3/c1-21-17(23)15(19-11-12-7-3-2-4-8-12)16(18(21)24)20-13-9-5-6-10-14(13)22/h2-10,19-20,22H,11H2,1H3. The summed E-state index contributed by atoms with van der Waals surface area (Å²) in [5.74, 6) is -0.852. The Balaban J connectivity index is 1.88. The predicted octanol–water partition coefficient (Wildman–Crippen LogP) is 1.80. The highest BCUT2D eigenvalue weighted by molar-refractivity contribution is 6.20. The lowest BCUT2D eigenvalue weighted by atomic mass is 10.2. The number of benzene rings is 2. The zero-order chi connectivity index (χ0) is 17.1. The van der Waals surface area contributed by atoms with Crippen LogP contribution in [0, 0.1) is 0 Å². The van der Waals surface area contributed by atoms with E-state index in [1.807, 2.05) is 30.3 Å². The molecule has 1 aliphatic heterocycles. The van der Waals surface area contributed by atoms with Crippen LogP contribution in [0.4, 0.5) is 5.69 Å². The van der Waals surface area contributed by atoms with Crippen molar-refractivity contribution in [2.75, 3.05) is 12.4 Å². The number of nitrogens with zero attached hydrogens (tertiary/aromatic N) is 1. The molecule has 0 aromatic heterocycles. The molecule has 0 saturated heterocycles. The zero-order valence-electron chi connectivity index (χ0n) is 13.1. The molecule has 1 heterocycles. The molecule has 6 nitrogen and oxygen atoms in total. The largest absolute Gasteiger partial charge is 0.506 e. The number of para-hydroxylation sites is 2. The molecule has 0 aliphatic carbocycles. The minimum Gasteiger partial charge on any atom is -0.506 e. The number of imide groups is 1. The van der Waals surface area contributed by atoms with Crippen LogP contribution in [0.25, 0.3) is 0 Å². The number of carbonyl (C=O) groups is 2. The molecule has 2 amide bonds. The van der Waals surface area contributed by atoms with E-state index in [9.17, 15) is 14.7 Å². The normalized spacial score (nSPS) is 14.3. The zero-order valence-corrected chi connectivity index (χ0v) is 13.1. The fraction of sp³-hybridized carbons (Fsp3) is 0.111. The second-order valence-corrected chi connectivity index (χ2v) is 5.40. The number of likely N-dealkylation sites (N-methyl/N-ethyl adjacent to an activating group) is 1. The number of phenolic OH excluding ortho intramolecular Hbond substituents is 1. The van der Waals surface area contributed by atoms with Crippen molar-refractivity contribution >= 4 is 17.5 Å². The number of amides is 2. The van der Waals surface area contributed by atoms with Crippen molar-refractivity contribution in [3.63, 3.8) is 0 Å². The Morgan fingerprint density at radius 3 is 2.25 bits per heavy atom. The van der Waals surface area contributed by atoms with Crippen LogP contribution in [0.2, 0.25) is 0 Å². The van der Waals surface area contributed by atoms with Gasteiger partial charge in [-0.15, -0.1) is 0 Å². The van der Waals surface area contributed by atoms with Crippen molar-refractivity contribution in [1.29, 1.82) is 0 Å². The SMILES string of the molecule is CN1C(=O)C(NCc2ccccc2)=C(Nc2ccccc2O)C1=O. The molecular weight excluding hydrogens is 306 g/mol. The Morgan fingerprint density at radius 1 is 0.917 bits per heavy atom. The van der Waals surface area contributed by atoms with E-state index in [4.69, 9.17) is 0 Å². The van der Waals surface area contributed by atoms with Gasteiger partial charge in [0.25, 0.3) is 11.8 Å². The first-order valence-electron chi connectivity index (χ1n) is 7.47. The monoisotopic (exact) mass is 323 g/mol. The van der Waals surface area contributed by atoms with Crippen molar-refractivity contribution in [2.24, 2.45) is 0 Å². The Morgan fingerprint density at radius 2 is 1.54 bits per heavy atom. The van der Waals surface area contributed by atoms with Crippen LogP contribution in [0.15, 0.2) is 66.0 Å². The lowest BCUT2D eigenvalue weighted by Crippen LogP contribution is -2.29. The number of carbonyl (C=O) groups excluding carboxylic acids is 2. The average molecular weight is 323 g/mol. The number of nitrogens with one attached hydrogen (secondary N) is 2. The lowest BCUT2D eigenvalue weighted by Gasteiger charge is -2.10. The third-order valence-electron chi connectivity index (χ3n) is 3.76. The van der Waals surface area contributed by atoms with Gasteiger partial charge in [0.1, 0.15) is 17.1 Å². The summed E-state index contributed by atoms with van der Waals surface area (Å²) in [5.41, 5.74) is 1.67. The maximum atomic E-state index is 12.3. The molecule has 2 aromatic carbocycles. The maximum absolute atomic E-state index is 12.3. The molecule has 0 spiro atoms. The highest BCUT2D eigenvalue weighted by atomic mass is 16.3. The average Bonchev–Trinajstić information content (AvgIpc) is 2.80. The van der Waals surface area contributed by atoms with Crippen molar-refractivity contribution in [3.8, 4) is 5.75 Å². The van der Waals surface area contributed by atoms with Gasteiger partial charge >= 0.3 is 0 Å². The van der Waals surface area contributed by atoms with E-state index in [-0.39, 0.29) is 17.1 Å². The van der Waals surface area contributed by atoms with Crippen molar-refractivity contribution < 1.29 is 14.7 Å². The summed E-state index contributed by atoms with van der Waals surface area (Å²) in [6.45, 7) is 0.412. The van der Waals surface area contributed by atoms with Gasteiger partial charge in [0, 0.05) is 13.6 Å². The minimum atomic E-state index is -0.446. The molecule has 3 N–H and O–H groups in total. The van der Waals surface area contributed by atoms with Crippen molar-refractivity contribution in [2.45, 2.75) is 6.54 Å². The van der Waals surface area contributed by atoms with Crippen LogP contribution in [-0.2, 0) is 16.1 Å². The van der Waals surface area contributed by atoms with Gasteiger partial charge in [0.05, 0.1) is 5.69 Å². The van der Waals surface area contributed by atoms with Gasteiger partial charge in [-0.3, -0.25) is 14.5 Å². The summed E-state index contributed by atoms with van der Waals surface area (Å²) >= 11 is 0. The van der Waals surface area contributed by atoms with E-state index in [2.05, 4.69) is 10.6 Å². The predicted molar refractivity (Wildman–Crippen MR) is 89.8 cm³/mol.